The zero-order chi connectivity index (χ0) is 18.4. The van der Waals surface area contributed by atoms with E-state index in [0.717, 1.165) is 37.4 Å². The van der Waals surface area contributed by atoms with Crippen LogP contribution in [-0.4, -0.2) is 63.2 Å². The topological polar surface area (TPSA) is 73.9 Å². The highest BCUT2D eigenvalue weighted by Crippen LogP contribution is 2.22. The van der Waals surface area contributed by atoms with Crippen molar-refractivity contribution in [2.75, 3.05) is 39.2 Å². The predicted octanol–water partition coefficient (Wildman–Crippen LogP) is 1.44. The van der Waals surface area contributed by atoms with Crippen molar-refractivity contribution >= 4 is 17.6 Å². The van der Waals surface area contributed by atoms with Gasteiger partial charge in [0.2, 0.25) is 5.91 Å². The minimum absolute atomic E-state index is 0.121. The molecule has 0 saturated carbocycles. The van der Waals surface area contributed by atoms with Gasteiger partial charge in [0.15, 0.2) is 0 Å². The second-order valence-electron chi connectivity index (χ2n) is 6.53. The molecule has 7 nitrogen and oxygen atoms in total. The number of methoxy groups -OCH3 is 1. The number of likely N-dealkylation sites (N-methyl/N-ethyl adjacent to an activating group) is 1. The first-order chi connectivity index (χ1) is 11.9. The maximum atomic E-state index is 12.1. The lowest BCUT2D eigenvalue weighted by Crippen LogP contribution is -2.52. The molecule has 1 aromatic rings. The Hall–Kier alpha value is -2.44. The largest absolute Gasteiger partial charge is 0.497 e. The number of hydrogen-bond donors (Lipinski definition) is 2. The van der Waals surface area contributed by atoms with E-state index in [0.29, 0.717) is 0 Å². The van der Waals surface area contributed by atoms with E-state index in [1.54, 1.807) is 28.1 Å². The number of carbonyl (C=O) groups excluding carboxylic acids is 2. The summed E-state index contributed by atoms with van der Waals surface area (Å²) >= 11 is 0. The molecule has 1 atom stereocenters. The number of anilines is 1. The fourth-order valence-corrected chi connectivity index (χ4v) is 2.95. The molecule has 1 unspecified atom stereocenters. The lowest BCUT2D eigenvalue weighted by atomic mass is 10.0. The number of rotatable bonds is 5. The van der Waals surface area contributed by atoms with Gasteiger partial charge in [-0.05, 0) is 44.0 Å². The highest BCUT2D eigenvalue weighted by Gasteiger charge is 2.23. The van der Waals surface area contributed by atoms with Gasteiger partial charge in [-0.25, -0.2) is 4.79 Å². The fourth-order valence-electron chi connectivity index (χ4n) is 2.95. The van der Waals surface area contributed by atoms with Gasteiger partial charge in [0.1, 0.15) is 11.8 Å². The summed E-state index contributed by atoms with van der Waals surface area (Å²) < 4.78 is 5.18. The van der Waals surface area contributed by atoms with Crippen molar-refractivity contribution in [1.82, 2.24) is 15.5 Å². The molecule has 1 aromatic carbocycles. The van der Waals surface area contributed by atoms with Crippen LogP contribution in [-0.2, 0) is 4.79 Å². The van der Waals surface area contributed by atoms with Crippen molar-refractivity contribution in [1.29, 1.82) is 0 Å². The van der Waals surface area contributed by atoms with Crippen LogP contribution in [0.1, 0.15) is 19.8 Å². The molecular weight excluding hydrogens is 320 g/mol. The van der Waals surface area contributed by atoms with E-state index in [-0.39, 0.29) is 18.0 Å². The molecule has 2 rings (SSSR count). The number of nitrogens with one attached hydrogen (secondary N) is 2. The van der Waals surface area contributed by atoms with Crippen LogP contribution >= 0.6 is 0 Å². The van der Waals surface area contributed by atoms with Crippen LogP contribution in [0, 0.1) is 0 Å². The quantitative estimate of drug-likeness (QED) is 0.844. The number of amides is 3. The SMILES string of the molecule is COc1ccc(N2CCC(NC(=O)NC(C)C(=O)N(C)C)CC2)cc1. The van der Waals surface area contributed by atoms with Crippen LogP contribution < -0.4 is 20.3 Å². The first-order valence-corrected chi connectivity index (χ1v) is 8.58. The van der Waals surface area contributed by atoms with Gasteiger partial charge in [0, 0.05) is 38.9 Å². The monoisotopic (exact) mass is 348 g/mol. The number of hydrogen-bond acceptors (Lipinski definition) is 4. The van der Waals surface area contributed by atoms with Gasteiger partial charge in [-0.15, -0.1) is 0 Å². The van der Waals surface area contributed by atoms with Gasteiger partial charge >= 0.3 is 6.03 Å². The van der Waals surface area contributed by atoms with Crippen molar-refractivity contribution in [3.63, 3.8) is 0 Å². The number of piperidine rings is 1. The van der Waals surface area contributed by atoms with Crippen molar-refractivity contribution in [2.24, 2.45) is 0 Å². The van der Waals surface area contributed by atoms with Crippen LogP contribution in [0.5, 0.6) is 5.75 Å². The molecule has 1 aliphatic rings. The second kappa shape index (κ2) is 8.60. The Morgan fingerprint density at radius 1 is 1.20 bits per heavy atom. The molecule has 7 heteroatoms. The minimum Gasteiger partial charge on any atom is -0.497 e. The number of urea groups is 1. The van der Waals surface area contributed by atoms with Gasteiger partial charge in [-0.2, -0.15) is 0 Å². The van der Waals surface area contributed by atoms with Gasteiger partial charge in [-0.1, -0.05) is 0 Å². The number of nitrogens with zero attached hydrogens (tertiary/aromatic N) is 2. The maximum Gasteiger partial charge on any atom is 0.315 e. The minimum atomic E-state index is -0.533. The second-order valence-corrected chi connectivity index (χ2v) is 6.53. The molecule has 0 spiro atoms. The zero-order valence-corrected chi connectivity index (χ0v) is 15.4. The summed E-state index contributed by atoms with van der Waals surface area (Å²) in [7, 11) is 5.00. The Morgan fingerprint density at radius 3 is 2.32 bits per heavy atom. The normalized spacial score (nSPS) is 16.1. The van der Waals surface area contributed by atoms with Crippen LogP contribution in [0.2, 0.25) is 0 Å². The zero-order valence-electron chi connectivity index (χ0n) is 15.4. The Labute approximate surface area is 149 Å². The highest BCUT2D eigenvalue weighted by atomic mass is 16.5. The lowest BCUT2D eigenvalue weighted by molar-refractivity contribution is -0.130. The van der Waals surface area contributed by atoms with E-state index >= 15 is 0 Å². The summed E-state index contributed by atoms with van der Waals surface area (Å²) in [4.78, 5) is 27.6. The third-order valence-electron chi connectivity index (χ3n) is 4.43. The molecule has 138 valence electrons. The average molecular weight is 348 g/mol. The predicted molar refractivity (Wildman–Crippen MR) is 98.1 cm³/mol. The van der Waals surface area contributed by atoms with E-state index in [2.05, 4.69) is 15.5 Å². The number of benzene rings is 1. The fraction of sp³-hybridized carbons (Fsp3) is 0.556. The van der Waals surface area contributed by atoms with Crippen molar-refractivity contribution in [2.45, 2.75) is 31.8 Å². The summed E-state index contributed by atoms with van der Waals surface area (Å²) in [6.45, 7) is 3.45. The van der Waals surface area contributed by atoms with Crippen molar-refractivity contribution in [3.05, 3.63) is 24.3 Å². The van der Waals surface area contributed by atoms with E-state index in [9.17, 15) is 9.59 Å². The van der Waals surface area contributed by atoms with Gasteiger partial charge < -0.3 is 25.2 Å². The summed E-state index contributed by atoms with van der Waals surface area (Å²) in [6, 6.07) is 7.31. The van der Waals surface area contributed by atoms with Gasteiger partial charge in [0.05, 0.1) is 7.11 Å². The van der Waals surface area contributed by atoms with Crippen molar-refractivity contribution < 1.29 is 14.3 Å². The summed E-state index contributed by atoms with van der Waals surface area (Å²) in [5, 5.41) is 5.66. The molecule has 0 aromatic heterocycles. The first kappa shape index (κ1) is 18.9. The molecule has 0 aliphatic carbocycles. The van der Waals surface area contributed by atoms with E-state index in [1.165, 1.54) is 4.90 Å². The van der Waals surface area contributed by atoms with Crippen LogP contribution in [0.15, 0.2) is 24.3 Å². The molecule has 2 N–H and O–H groups in total. The van der Waals surface area contributed by atoms with Gasteiger partial charge in [0.25, 0.3) is 0 Å². The third kappa shape index (κ3) is 5.27. The average Bonchev–Trinajstić information content (AvgIpc) is 2.61. The standard InChI is InChI=1S/C18H28N4O3/c1-13(17(23)21(2)3)19-18(24)20-14-9-11-22(12-10-14)15-5-7-16(25-4)8-6-15/h5-8,13-14H,9-12H2,1-4H3,(H2,19,20,24). The highest BCUT2D eigenvalue weighted by molar-refractivity contribution is 5.86. The van der Waals surface area contributed by atoms with Gasteiger partial charge in [-0.3, -0.25) is 4.79 Å². The molecule has 25 heavy (non-hydrogen) atoms. The summed E-state index contributed by atoms with van der Waals surface area (Å²) in [6.07, 6.45) is 1.74. The van der Waals surface area contributed by atoms with E-state index in [4.69, 9.17) is 4.74 Å². The summed E-state index contributed by atoms with van der Waals surface area (Å²) in [5.41, 5.74) is 1.16. The number of carbonyl (C=O) groups is 2. The van der Waals surface area contributed by atoms with Crippen LogP contribution in [0.3, 0.4) is 0 Å². The van der Waals surface area contributed by atoms with Crippen LogP contribution in [0.4, 0.5) is 10.5 Å². The van der Waals surface area contributed by atoms with E-state index in [1.807, 2.05) is 24.3 Å². The molecular formula is C18H28N4O3. The lowest BCUT2D eigenvalue weighted by Gasteiger charge is -2.34. The Kier molecular flexibility index (Phi) is 6.50. The Morgan fingerprint density at radius 2 is 1.80 bits per heavy atom. The first-order valence-electron chi connectivity index (χ1n) is 8.58. The molecule has 1 fully saturated rings. The van der Waals surface area contributed by atoms with Crippen LogP contribution in [0.25, 0.3) is 0 Å². The molecule has 0 bridgehead atoms. The third-order valence-corrected chi connectivity index (χ3v) is 4.43. The molecule has 0 radical (unpaired) electrons. The molecule has 1 heterocycles. The molecule has 1 aliphatic heterocycles. The Bertz CT molecular complexity index is 580. The maximum absolute atomic E-state index is 12.1. The van der Waals surface area contributed by atoms with E-state index < -0.39 is 6.04 Å². The smallest absolute Gasteiger partial charge is 0.315 e. The molecule has 1 saturated heterocycles. The molecule has 3 amide bonds. The number of ether oxygens (including phenoxy) is 1. The summed E-state index contributed by atoms with van der Waals surface area (Å²) in [5.74, 6) is 0.725. The van der Waals surface area contributed by atoms with Crippen molar-refractivity contribution in [3.8, 4) is 5.75 Å². The Balaban J connectivity index is 1.77.